The van der Waals surface area contributed by atoms with Crippen LogP contribution in [0.3, 0.4) is 0 Å². The quantitative estimate of drug-likeness (QED) is 0.560. The summed E-state index contributed by atoms with van der Waals surface area (Å²) in [5.74, 6) is 3.57. The van der Waals surface area contributed by atoms with Gasteiger partial charge in [0.2, 0.25) is 5.95 Å². The van der Waals surface area contributed by atoms with Crippen molar-refractivity contribution in [3.63, 3.8) is 0 Å². The summed E-state index contributed by atoms with van der Waals surface area (Å²) in [7, 11) is 2.04. The molecule has 1 aliphatic heterocycles. The van der Waals surface area contributed by atoms with E-state index in [0.29, 0.717) is 11.4 Å². The Morgan fingerprint density at radius 2 is 2.03 bits per heavy atom. The first-order valence-electron chi connectivity index (χ1n) is 11.1. The van der Waals surface area contributed by atoms with E-state index in [9.17, 15) is 4.79 Å². The highest BCUT2D eigenvalue weighted by molar-refractivity contribution is 6.32. The van der Waals surface area contributed by atoms with Crippen molar-refractivity contribution in [2.24, 2.45) is 5.92 Å². The summed E-state index contributed by atoms with van der Waals surface area (Å²) in [5.41, 5.74) is 1.16. The molecule has 1 aromatic carbocycles. The second-order valence-electron chi connectivity index (χ2n) is 9.02. The number of ketones is 1. The van der Waals surface area contributed by atoms with Crippen LogP contribution in [-0.4, -0.2) is 48.5 Å². The number of ether oxygens (including phenoxy) is 1. The number of carbonyl (C=O) groups is 1. The minimum absolute atomic E-state index is 0.0826. The fraction of sp³-hybridized carbons (Fsp3) is 0.542. The van der Waals surface area contributed by atoms with E-state index in [0.717, 1.165) is 55.1 Å². The van der Waals surface area contributed by atoms with Gasteiger partial charge in [-0.2, -0.15) is 4.98 Å². The van der Waals surface area contributed by atoms with Crippen molar-refractivity contribution in [3.05, 3.63) is 41.0 Å². The maximum atomic E-state index is 11.4. The van der Waals surface area contributed by atoms with Gasteiger partial charge in [-0.15, -0.1) is 0 Å². The van der Waals surface area contributed by atoms with Gasteiger partial charge in [0.05, 0.1) is 12.7 Å². The van der Waals surface area contributed by atoms with Crippen LogP contribution in [0.4, 0.5) is 11.8 Å². The predicted molar refractivity (Wildman–Crippen MR) is 124 cm³/mol. The molecule has 1 saturated heterocycles. The molecule has 2 aromatic rings. The molecule has 166 valence electrons. The summed E-state index contributed by atoms with van der Waals surface area (Å²) >= 11 is 6.44. The molecule has 4 rings (SSSR count). The Morgan fingerprint density at radius 3 is 2.71 bits per heavy atom. The molecule has 31 heavy (non-hydrogen) atoms. The van der Waals surface area contributed by atoms with Crippen molar-refractivity contribution in [1.29, 1.82) is 0 Å². The van der Waals surface area contributed by atoms with E-state index in [-0.39, 0.29) is 17.8 Å². The van der Waals surface area contributed by atoms with Crippen molar-refractivity contribution < 1.29 is 9.53 Å². The number of benzene rings is 1. The average Bonchev–Trinajstić information content (AvgIpc) is 3.43. The molecule has 0 amide bonds. The van der Waals surface area contributed by atoms with Gasteiger partial charge in [0.15, 0.2) is 5.82 Å². The van der Waals surface area contributed by atoms with Gasteiger partial charge >= 0.3 is 0 Å². The van der Waals surface area contributed by atoms with Crippen LogP contribution >= 0.6 is 11.6 Å². The molecule has 0 radical (unpaired) electrons. The lowest BCUT2D eigenvalue weighted by atomic mass is 9.96. The van der Waals surface area contributed by atoms with Gasteiger partial charge in [-0.3, -0.25) is 0 Å². The van der Waals surface area contributed by atoms with Crippen LogP contribution in [0.1, 0.15) is 51.0 Å². The van der Waals surface area contributed by atoms with Crippen molar-refractivity contribution in [1.82, 2.24) is 9.97 Å². The Labute approximate surface area is 189 Å². The van der Waals surface area contributed by atoms with Crippen LogP contribution in [0.5, 0.6) is 5.75 Å². The average molecular weight is 443 g/mol. The van der Waals surface area contributed by atoms with Gasteiger partial charge in [-0.25, -0.2) is 4.98 Å². The molecule has 6 nitrogen and oxygen atoms in total. The summed E-state index contributed by atoms with van der Waals surface area (Å²) in [4.78, 5) is 24.8. The minimum atomic E-state index is 0.0826. The van der Waals surface area contributed by atoms with Crippen LogP contribution < -0.4 is 14.5 Å². The Hall–Kier alpha value is -2.34. The van der Waals surface area contributed by atoms with Crippen LogP contribution in [0.15, 0.2) is 30.5 Å². The van der Waals surface area contributed by atoms with Crippen molar-refractivity contribution in [2.75, 3.05) is 36.5 Å². The van der Waals surface area contributed by atoms with Crippen LogP contribution in [0, 0.1) is 5.92 Å². The molecule has 0 spiro atoms. The van der Waals surface area contributed by atoms with Crippen LogP contribution in [0.2, 0.25) is 5.02 Å². The Morgan fingerprint density at radius 1 is 1.29 bits per heavy atom. The van der Waals surface area contributed by atoms with E-state index < -0.39 is 0 Å². The molecule has 2 atom stereocenters. The number of nitrogens with zero attached hydrogens (tertiary/aromatic N) is 4. The zero-order valence-corrected chi connectivity index (χ0v) is 19.3. The number of aromatic nitrogens is 2. The van der Waals surface area contributed by atoms with E-state index in [4.69, 9.17) is 21.3 Å². The number of halogens is 1. The molecule has 0 N–H and O–H groups in total. The molecule has 1 aliphatic carbocycles. The number of rotatable bonds is 9. The highest BCUT2D eigenvalue weighted by Crippen LogP contribution is 2.32. The number of carbonyl (C=O) groups excluding carboxylic acids is 1. The minimum Gasteiger partial charge on any atom is -0.489 e. The fourth-order valence-corrected chi connectivity index (χ4v) is 4.37. The standard InChI is InChI=1S/C24H31ClN4O2/c1-16(12-17(2)30)19-6-8-20(9-7-19)31-21-10-11-29(15-21)23-22(25)13-26-24(27-23)28(3)14-18-4-5-18/h6-9,13,16,18,21H,4-5,10-12,14-15H2,1-3H3/t16-,21-/m1/s1. The van der Waals surface area contributed by atoms with Crippen molar-refractivity contribution >= 4 is 29.2 Å². The molecular formula is C24H31ClN4O2. The van der Waals surface area contributed by atoms with Gasteiger partial charge in [0.25, 0.3) is 0 Å². The molecule has 0 unspecified atom stereocenters. The summed E-state index contributed by atoms with van der Waals surface area (Å²) in [5, 5.41) is 0.577. The zero-order chi connectivity index (χ0) is 22.0. The van der Waals surface area contributed by atoms with Crippen LogP contribution in [-0.2, 0) is 4.79 Å². The first-order valence-corrected chi connectivity index (χ1v) is 11.5. The topological polar surface area (TPSA) is 58.6 Å². The predicted octanol–water partition coefficient (Wildman–Crippen LogP) is 4.72. The monoisotopic (exact) mass is 442 g/mol. The second-order valence-corrected chi connectivity index (χ2v) is 9.42. The molecule has 2 fully saturated rings. The summed E-state index contributed by atoms with van der Waals surface area (Å²) in [6.45, 7) is 6.30. The van der Waals surface area contributed by atoms with E-state index >= 15 is 0 Å². The highest BCUT2D eigenvalue weighted by Gasteiger charge is 2.28. The Kier molecular flexibility index (Phi) is 6.65. The number of hydrogen-bond acceptors (Lipinski definition) is 6. The van der Waals surface area contributed by atoms with Gasteiger partial charge in [0, 0.05) is 33.0 Å². The summed E-state index contributed by atoms with van der Waals surface area (Å²) in [6.07, 6.45) is 5.86. The van der Waals surface area contributed by atoms with E-state index in [1.807, 2.05) is 19.2 Å². The molecule has 7 heteroatoms. The van der Waals surface area contributed by atoms with Crippen molar-refractivity contribution in [3.8, 4) is 5.75 Å². The van der Waals surface area contributed by atoms with Gasteiger partial charge in [-0.1, -0.05) is 30.7 Å². The van der Waals surface area contributed by atoms with E-state index in [1.54, 1.807) is 13.1 Å². The third-order valence-electron chi connectivity index (χ3n) is 6.07. The number of Topliss-reactive ketones (excluding diaryl/α,β-unsaturated/α-hetero) is 1. The maximum absolute atomic E-state index is 11.4. The molecule has 2 aliphatic rings. The summed E-state index contributed by atoms with van der Waals surface area (Å²) < 4.78 is 6.22. The molecular weight excluding hydrogens is 412 g/mol. The van der Waals surface area contributed by atoms with E-state index in [2.05, 4.69) is 33.8 Å². The van der Waals surface area contributed by atoms with E-state index in [1.165, 1.54) is 12.8 Å². The summed E-state index contributed by atoms with van der Waals surface area (Å²) in [6, 6.07) is 8.10. The molecule has 2 heterocycles. The molecule has 1 saturated carbocycles. The smallest absolute Gasteiger partial charge is 0.227 e. The highest BCUT2D eigenvalue weighted by atomic mass is 35.5. The zero-order valence-electron chi connectivity index (χ0n) is 18.6. The second kappa shape index (κ2) is 9.43. The number of hydrogen-bond donors (Lipinski definition) is 0. The lowest BCUT2D eigenvalue weighted by molar-refractivity contribution is -0.117. The van der Waals surface area contributed by atoms with Gasteiger partial charge in [0.1, 0.15) is 22.7 Å². The van der Waals surface area contributed by atoms with Gasteiger partial charge in [-0.05, 0) is 49.3 Å². The number of anilines is 2. The van der Waals surface area contributed by atoms with Crippen molar-refractivity contribution in [2.45, 2.75) is 51.6 Å². The largest absolute Gasteiger partial charge is 0.489 e. The first-order chi connectivity index (χ1) is 14.9. The Balaban J connectivity index is 1.36. The van der Waals surface area contributed by atoms with Crippen LogP contribution in [0.25, 0.3) is 0 Å². The Bertz CT molecular complexity index is 916. The fourth-order valence-electron chi connectivity index (χ4n) is 4.16. The third-order valence-corrected chi connectivity index (χ3v) is 6.34. The molecule has 0 bridgehead atoms. The lowest BCUT2D eigenvalue weighted by Crippen LogP contribution is -2.27. The lowest BCUT2D eigenvalue weighted by Gasteiger charge is -2.22. The molecule has 1 aromatic heterocycles. The maximum Gasteiger partial charge on any atom is 0.227 e. The third kappa shape index (κ3) is 5.67. The first kappa shape index (κ1) is 21.9. The normalized spacial score (nSPS) is 19.4. The van der Waals surface area contributed by atoms with Gasteiger partial charge < -0.3 is 19.3 Å². The SMILES string of the molecule is CC(=O)C[C@@H](C)c1ccc(O[C@@H]2CCN(c3nc(N(C)CC4CC4)ncc3Cl)C2)cc1.